The Labute approximate surface area is 106 Å². The lowest BCUT2D eigenvalue weighted by atomic mass is 9.75. The van der Waals surface area contributed by atoms with Gasteiger partial charge in [-0.15, -0.1) is 11.6 Å². The van der Waals surface area contributed by atoms with E-state index in [9.17, 15) is 13.2 Å². The van der Waals surface area contributed by atoms with Crippen LogP contribution < -0.4 is 5.32 Å². The van der Waals surface area contributed by atoms with Gasteiger partial charge in [-0.2, -0.15) is 13.2 Å². The Kier molecular flexibility index (Phi) is 6.07. The van der Waals surface area contributed by atoms with E-state index in [1.54, 1.807) is 0 Å². The smallest absolute Gasteiger partial charge is 0.316 e. The summed E-state index contributed by atoms with van der Waals surface area (Å²) in [5.74, 6) is 0.610. The Morgan fingerprint density at radius 2 is 1.76 bits per heavy atom. The summed E-state index contributed by atoms with van der Waals surface area (Å²) in [6.07, 6.45) is 1.26. The van der Waals surface area contributed by atoms with Gasteiger partial charge in [0.2, 0.25) is 0 Å². The third-order valence-electron chi connectivity index (χ3n) is 3.51. The van der Waals surface area contributed by atoms with Crippen LogP contribution in [0.4, 0.5) is 13.2 Å². The van der Waals surface area contributed by atoms with Gasteiger partial charge in [0, 0.05) is 18.8 Å². The fraction of sp³-hybridized carbons (Fsp3) is 1.00. The van der Waals surface area contributed by atoms with Crippen molar-refractivity contribution in [2.45, 2.75) is 51.1 Å². The van der Waals surface area contributed by atoms with E-state index in [0.29, 0.717) is 12.4 Å². The van der Waals surface area contributed by atoms with E-state index in [1.165, 1.54) is 19.3 Å². The summed E-state index contributed by atoms with van der Waals surface area (Å²) in [6, 6.07) is 0. The third kappa shape index (κ3) is 5.96. The number of hydrogen-bond acceptors (Lipinski definition) is 1. The Hall–Kier alpha value is 0.0400. The molecule has 0 aromatic heterocycles. The summed E-state index contributed by atoms with van der Waals surface area (Å²) in [7, 11) is 0. The van der Waals surface area contributed by atoms with Crippen molar-refractivity contribution in [3.63, 3.8) is 0 Å². The maximum absolute atomic E-state index is 11.9. The number of alkyl halides is 4. The van der Waals surface area contributed by atoms with Gasteiger partial charge in [-0.05, 0) is 31.2 Å². The standard InChI is InChI=1S/C12H21ClF3N/c13-9-11(5-2-1-3-6-11)10-17-8-4-7-12(14,15)16/h17H,1-10H2. The normalized spacial score (nSPS) is 20.5. The summed E-state index contributed by atoms with van der Waals surface area (Å²) >= 11 is 6.00. The van der Waals surface area contributed by atoms with Crippen LogP contribution in [0.2, 0.25) is 0 Å². The van der Waals surface area contributed by atoms with Crippen molar-refractivity contribution in [3.8, 4) is 0 Å². The molecule has 1 aliphatic rings. The minimum atomic E-state index is -4.03. The predicted octanol–water partition coefficient (Wildman–Crippen LogP) is 4.11. The molecule has 102 valence electrons. The van der Waals surface area contributed by atoms with Crippen LogP contribution in [0.3, 0.4) is 0 Å². The zero-order valence-corrected chi connectivity index (χ0v) is 10.8. The molecule has 1 saturated carbocycles. The van der Waals surface area contributed by atoms with Gasteiger partial charge in [-0.1, -0.05) is 19.3 Å². The first-order valence-electron chi connectivity index (χ1n) is 6.31. The van der Waals surface area contributed by atoms with Gasteiger partial charge < -0.3 is 5.32 Å². The van der Waals surface area contributed by atoms with E-state index >= 15 is 0 Å². The van der Waals surface area contributed by atoms with E-state index in [0.717, 1.165) is 19.4 Å². The lowest BCUT2D eigenvalue weighted by molar-refractivity contribution is -0.135. The van der Waals surface area contributed by atoms with Crippen molar-refractivity contribution in [1.82, 2.24) is 5.32 Å². The molecule has 0 unspecified atom stereocenters. The van der Waals surface area contributed by atoms with Crippen LogP contribution in [-0.2, 0) is 0 Å². The Balaban J connectivity index is 2.15. The zero-order chi connectivity index (χ0) is 12.8. The van der Waals surface area contributed by atoms with Gasteiger partial charge in [0.15, 0.2) is 0 Å². The van der Waals surface area contributed by atoms with Gasteiger partial charge in [-0.3, -0.25) is 0 Å². The lowest BCUT2D eigenvalue weighted by Crippen LogP contribution is -2.38. The summed E-state index contributed by atoms with van der Waals surface area (Å²) < 4.78 is 35.8. The molecule has 0 aromatic rings. The van der Waals surface area contributed by atoms with Crippen molar-refractivity contribution in [1.29, 1.82) is 0 Å². The van der Waals surface area contributed by atoms with Gasteiger partial charge in [-0.25, -0.2) is 0 Å². The van der Waals surface area contributed by atoms with Gasteiger partial charge in [0.1, 0.15) is 0 Å². The first-order chi connectivity index (χ1) is 7.97. The van der Waals surface area contributed by atoms with Gasteiger partial charge >= 0.3 is 6.18 Å². The Bertz CT molecular complexity index is 212. The first-order valence-corrected chi connectivity index (χ1v) is 6.84. The van der Waals surface area contributed by atoms with Crippen LogP contribution in [0.15, 0.2) is 0 Å². The second kappa shape index (κ2) is 6.83. The van der Waals surface area contributed by atoms with E-state index in [4.69, 9.17) is 11.6 Å². The maximum Gasteiger partial charge on any atom is 0.389 e. The number of halogens is 4. The minimum Gasteiger partial charge on any atom is -0.316 e. The van der Waals surface area contributed by atoms with E-state index < -0.39 is 12.6 Å². The van der Waals surface area contributed by atoms with Crippen LogP contribution in [0.5, 0.6) is 0 Å². The number of rotatable bonds is 6. The second-order valence-corrected chi connectivity index (χ2v) is 5.36. The SMILES string of the molecule is FC(F)(F)CCCNCC1(CCl)CCCCC1. The van der Waals surface area contributed by atoms with Gasteiger partial charge in [0.25, 0.3) is 0 Å². The highest BCUT2D eigenvalue weighted by atomic mass is 35.5. The second-order valence-electron chi connectivity index (χ2n) is 5.09. The molecule has 0 aliphatic heterocycles. The van der Waals surface area contributed by atoms with Crippen molar-refractivity contribution in [2.24, 2.45) is 5.41 Å². The van der Waals surface area contributed by atoms with E-state index in [2.05, 4.69) is 5.32 Å². The van der Waals surface area contributed by atoms with Crippen molar-refractivity contribution in [2.75, 3.05) is 19.0 Å². The highest BCUT2D eigenvalue weighted by molar-refractivity contribution is 6.18. The molecule has 17 heavy (non-hydrogen) atoms. The number of hydrogen-bond donors (Lipinski definition) is 1. The third-order valence-corrected chi connectivity index (χ3v) is 4.08. The average Bonchev–Trinajstić information content (AvgIpc) is 2.28. The highest BCUT2D eigenvalue weighted by Crippen LogP contribution is 2.36. The molecule has 0 bridgehead atoms. The minimum absolute atomic E-state index is 0.123. The molecule has 5 heteroatoms. The van der Waals surface area contributed by atoms with E-state index in [-0.39, 0.29) is 11.8 Å². The Morgan fingerprint density at radius 3 is 2.29 bits per heavy atom. The molecule has 1 fully saturated rings. The van der Waals surface area contributed by atoms with Crippen LogP contribution in [0, 0.1) is 5.41 Å². The fourth-order valence-corrected chi connectivity index (χ4v) is 2.79. The molecule has 0 radical (unpaired) electrons. The molecular formula is C12H21ClF3N. The molecule has 1 nitrogen and oxygen atoms in total. The van der Waals surface area contributed by atoms with Crippen LogP contribution in [0.1, 0.15) is 44.9 Å². The predicted molar refractivity (Wildman–Crippen MR) is 64.4 cm³/mol. The molecule has 0 aromatic carbocycles. The Morgan fingerprint density at radius 1 is 1.12 bits per heavy atom. The largest absolute Gasteiger partial charge is 0.389 e. The molecule has 1 rings (SSSR count). The zero-order valence-electron chi connectivity index (χ0n) is 10.1. The molecule has 0 heterocycles. The highest BCUT2D eigenvalue weighted by Gasteiger charge is 2.31. The monoisotopic (exact) mass is 271 g/mol. The van der Waals surface area contributed by atoms with Gasteiger partial charge in [0.05, 0.1) is 0 Å². The molecule has 0 amide bonds. The van der Waals surface area contributed by atoms with Crippen molar-refractivity contribution < 1.29 is 13.2 Å². The van der Waals surface area contributed by atoms with E-state index in [1.807, 2.05) is 0 Å². The first kappa shape index (κ1) is 15.1. The van der Waals surface area contributed by atoms with Crippen molar-refractivity contribution >= 4 is 11.6 Å². The van der Waals surface area contributed by atoms with Crippen LogP contribution in [0.25, 0.3) is 0 Å². The summed E-state index contributed by atoms with van der Waals surface area (Å²) in [4.78, 5) is 0. The fourth-order valence-electron chi connectivity index (χ4n) is 2.43. The summed E-state index contributed by atoms with van der Waals surface area (Å²) in [6.45, 7) is 1.19. The van der Waals surface area contributed by atoms with Crippen LogP contribution in [-0.4, -0.2) is 25.1 Å². The molecular weight excluding hydrogens is 251 g/mol. The average molecular weight is 272 g/mol. The van der Waals surface area contributed by atoms with Crippen molar-refractivity contribution in [3.05, 3.63) is 0 Å². The summed E-state index contributed by atoms with van der Waals surface area (Å²) in [5.41, 5.74) is 0.123. The molecule has 1 N–H and O–H groups in total. The molecule has 0 saturated heterocycles. The molecule has 0 spiro atoms. The quantitative estimate of drug-likeness (QED) is 0.566. The molecule has 1 aliphatic carbocycles. The molecule has 0 atom stereocenters. The maximum atomic E-state index is 11.9. The lowest BCUT2D eigenvalue weighted by Gasteiger charge is -2.35. The van der Waals surface area contributed by atoms with Crippen LogP contribution >= 0.6 is 11.6 Å². The topological polar surface area (TPSA) is 12.0 Å². The summed E-state index contributed by atoms with van der Waals surface area (Å²) in [5, 5.41) is 3.14. The number of nitrogens with one attached hydrogen (secondary N) is 1.